The molecular formula is C16H21N3OS2. The van der Waals surface area contributed by atoms with Crippen LogP contribution in [0.5, 0.6) is 0 Å². The first-order chi connectivity index (χ1) is 10.7. The summed E-state index contributed by atoms with van der Waals surface area (Å²) in [6, 6.07) is 7.72. The molecule has 0 spiro atoms. The first-order valence-electron chi connectivity index (χ1n) is 7.32. The molecule has 2 rings (SSSR count). The predicted molar refractivity (Wildman–Crippen MR) is 93.7 cm³/mol. The second-order valence-electron chi connectivity index (χ2n) is 4.75. The number of amides is 1. The van der Waals surface area contributed by atoms with Crippen molar-refractivity contribution in [3.63, 3.8) is 0 Å². The molecule has 22 heavy (non-hydrogen) atoms. The number of nitrogens with one attached hydrogen (secondary N) is 2. The molecule has 0 bridgehead atoms. The number of thiazole rings is 1. The molecule has 0 fully saturated rings. The molecule has 6 heteroatoms. The van der Waals surface area contributed by atoms with Crippen molar-refractivity contribution >= 4 is 29.0 Å². The Kier molecular flexibility index (Phi) is 6.89. The lowest BCUT2D eigenvalue weighted by Crippen LogP contribution is -2.31. The number of benzene rings is 1. The molecule has 2 N–H and O–H groups in total. The third-order valence-corrected chi connectivity index (χ3v) is 4.94. The van der Waals surface area contributed by atoms with E-state index >= 15 is 0 Å². The third kappa shape index (κ3) is 5.12. The minimum atomic E-state index is -0.0181. The predicted octanol–water partition coefficient (Wildman–Crippen LogP) is 3.08. The van der Waals surface area contributed by atoms with E-state index in [0.29, 0.717) is 6.54 Å². The highest BCUT2D eigenvalue weighted by Gasteiger charge is 2.11. The van der Waals surface area contributed by atoms with Crippen LogP contribution in [0.15, 0.2) is 34.5 Å². The summed E-state index contributed by atoms with van der Waals surface area (Å²) in [6.45, 7) is 6.39. The molecule has 1 aromatic carbocycles. The Morgan fingerprint density at radius 2 is 2.14 bits per heavy atom. The fraction of sp³-hybridized carbons (Fsp3) is 0.375. The maximum atomic E-state index is 12.3. The molecule has 1 heterocycles. The number of hydrogen-bond donors (Lipinski definition) is 2. The maximum Gasteiger partial charge on any atom is 0.252 e. The van der Waals surface area contributed by atoms with Crippen molar-refractivity contribution in [1.29, 1.82) is 0 Å². The normalized spacial score (nSPS) is 10.6. The van der Waals surface area contributed by atoms with Gasteiger partial charge in [0.2, 0.25) is 0 Å². The lowest BCUT2D eigenvalue weighted by Gasteiger charge is -2.09. The molecule has 4 nitrogen and oxygen atoms in total. The standard InChI is InChI=1S/C16H21N3OS2/c1-3-17-8-9-18-16(20)14-6-4-5-7-15(14)22-11-13-10-21-12(2)19-13/h4-7,10,17H,3,8-9,11H2,1-2H3,(H,18,20). The molecule has 1 aromatic heterocycles. The molecule has 0 aliphatic heterocycles. The van der Waals surface area contributed by atoms with Crippen molar-refractivity contribution in [2.75, 3.05) is 19.6 Å². The summed E-state index contributed by atoms with van der Waals surface area (Å²) in [5.41, 5.74) is 1.80. The average molecular weight is 335 g/mol. The van der Waals surface area contributed by atoms with E-state index in [1.54, 1.807) is 23.1 Å². The van der Waals surface area contributed by atoms with Gasteiger partial charge in [0.05, 0.1) is 16.3 Å². The second kappa shape index (κ2) is 8.92. The van der Waals surface area contributed by atoms with Crippen molar-refractivity contribution in [1.82, 2.24) is 15.6 Å². The van der Waals surface area contributed by atoms with Crippen molar-refractivity contribution in [2.24, 2.45) is 0 Å². The molecule has 0 aliphatic rings. The Labute approximate surface area is 139 Å². The molecule has 0 saturated carbocycles. The molecular weight excluding hydrogens is 314 g/mol. The Balaban J connectivity index is 1.95. The Hall–Kier alpha value is -1.37. The number of rotatable bonds is 8. The zero-order chi connectivity index (χ0) is 15.8. The fourth-order valence-electron chi connectivity index (χ4n) is 1.94. The highest BCUT2D eigenvalue weighted by Crippen LogP contribution is 2.26. The number of likely N-dealkylation sites (N-methyl/N-ethyl adjacent to an activating group) is 1. The molecule has 0 radical (unpaired) electrons. The van der Waals surface area contributed by atoms with Gasteiger partial charge in [0, 0.05) is 29.1 Å². The molecule has 118 valence electrons. The molecule has 2 aromatic rings. The van der Waals surface area contributed by atoms with Gasteiger partial charge in [-0.3, -0.25) is 4.79 Å². The van der Waals surface area contributed by atoms with Gasteiger partial charge < -0.3 is 10.6 Å². The lowest BCUT2D eigenvalue weighted by molar-refractivity contribution is 0.0951. The molecule has 0 atom stereocenters. The van der Waals surface area contributed by atoms with E-state index in [2.05, 4.69) is 21.0 Å². The first-order valence-corrected chi connectivity index (χ1v) is 9.19. The number of carbonyl (C=O) groups is 1. The van der Waals surface area contributed by atoms with Gasteiger partial charge in [0.1, 0.15) is 0 Å². The molecule has 0 aliphatic carbocycles. The summed E-state index contributed by atoms with van der Waals surface area (Å²) in [6.07, 6.45) is 0. The van der Waals surface area contributed by atoms with E-state index in [9.17, 15) is 4.79 Å². The Bertz CT molecular complexity index is 613. The van der Waals surface area contributed by atoms with Crippen molar-refractivity contribution in [2.45, 2.75) is 24.5 Å². The van der Waals surface area contributed by atoms with E-state index in [0.717, 1.165) is 40.0 Å². The summed E-state index contributed by atoms with van der Waals surface area (Å²) in [4.78, 5) is 17.7. The lowest BCUT2D eigenvalue weighted by atomic mass is 10.2. The summed E-state index contributed by atoms with van der Waals surface area (Å²) in [5, 5.41) is 9.28. The van der Waals surface area contributed by atoms with E-state index < -0.39 is 0 Å². The van der Waals surface area contributed by atoms with Gasteiger partial charge in [-0.05, 0) is 25.6 Å². The Morgan fingerprint density at radius 3 is 2.86 bits per heavy atom. The van der Waals surface area contributed by atoms with E-state index in [4.69, 9.17) is 0 Å². The zero-order valence-electron chi connectivity index (χ0n) is 12.9. The highest BCUT2D eigenvalue weighted by atomic mass is 32.2. The van der Waals surface area contributed by atoms with E-state index in [1.807, 2.05) is 38.1 Å². The number of aryl methyl sites for hydroxylation is 1. The van der Waals surface area contributed by atoms with Gasteiger partial charge in [-0.1, -0.05) is 19.1 Å². The van der Waals surface area contributed by atoms with Gasteiger partial charge in [0.15, 0.2) is 0 Å². The molecule has 0 unspecified atom stereocenters. The summed E-state index contributed by atoms with van der Waals surface area (Å²) in [5.74, 6) is 0.766. The number of aromatic nitrogens is 1. The van der Waals surface area contributed by atoms with E-state index in [1.165, 1.54) is 0 Å². The van der Waals surface area contributed by atoms with Crippen molar-refractivity contribution < 1.29 is 4.79 Å². The van der Waals surface area contributed by atoms with Gasteiger partial charge >= 0.3 is 0 Å². The fourth-order valence-corrected chi connectivity index (χ4v) is 3.60. The first kappa shape index (κ1) is 17.0. The van der Waals surface area contributed by atoms with Crippen LogP contribution in [-0.4, -0.2) is 30.5 Å². The van der Waals surface area contributed by atoms with Crippen LogP contribution in [0.4, 0.5) is 0 Å². The number of nitrogens with zero attached hydrogens (tertiary/aromatic N) is 1. The quantitative estimate of drug-likeness (QED) is 0.575. The number of thioether (sulfide) groups is 1. The summed E-state index contributed by atoms with van der Waals surface area (Å²) < 4.78 is 0. The molecule has 0 saturated heterocycles. The zero-order valence-corrected chi connectivity index (χ0v) is 14.5. The second-order valence-corrected chi connectivity index (χ2v) is 6.83. The van der Waals surface area contributed by atoms with Crippen molar-refractivity contribution in [3.8, 4) is 0 Å². The third-order valence-electron chi connectivity index (χ3n) is 3.01. The maximum absolute atomic E-state index is 12.3. The van der Waals surface area contributed by atoms with Gasteiger partial charge in [-0.15, -0.1) is 23.1 Å². The van der Waals surface area contributed by atoms with Crippen LogP contribution in [0.2, 0.25) is 0 Å². The highest BCUT2D eigenvalue weighted by molar-refractivity contribution is 7.98. The van der Waals surface area contributed by atoms with Crippen molar-refractivity contribution in [3.05, 3.63) is 45.9 Å². The van der Waals surface area contributed by atoms with Crippen LogP contribution in [-0.2, 0) is 5.75 Å². The van der Waals surface area contributed by atoms with Gasteiger partial charge in [0.25, 0.3) is 5.91 Å². The van der Waals surface area contributed by atoms with Crippen LogP contribution >= 0.6 is 23.1 Å². The summed E-state index contributed by atoms with van der Waals surface area (Å²) >= 11 is 3.31. The number of hydrogen-bond acceptors (Lipinski definition) is 5. The van der Waals surface area contributed by atoms with Crippen LogP contribution in [0.25, 0.3) is 0 Å². The topological polar surface area (TPSA) is 54.0 Å². The monoisotopic (exact) mass is 335 g/mol. The average Bonchev–Trinajstić information content (AvgIpc) is 2.95. The largest absolute Gasteiger partial charge is 0.351 e. The summed E-state index contributed by atoms with van der Waals surface area (Å²) in [7, 11) is 0. The molecule has 1 amide bonds. The minimum Gasteiger partial charge on any atom is -0.351 e. The van der Waals surface area contributed by atoms with E-state index in [-0.39, 0.29) is 5.91 Å². The number of carbonyl (C=O) groups excluding carboxylic acids is 1. The van der Waals surface area contributed by atoms with Crippen LogP contribution < -0.4 is 10.6 Å². The smallest absolute Gasteiger partial charge is 0.252 e. The van der Waals surface area contributed by atoms with Gasteiger partial charge in [-0.2, -0.15) is 0 Å². The van der Waals surface area contributed by atoms with Crippen LogP contribution in [0, 0.1) is 6.92 Å². The van der Waals surface area contributed by atoms with Crippen LogP contribution in [0.3, 0.4) is 0 Å². The Morgan fingerprint density at radius 1 is 1.32 bits per heavy atom. The SMILES string of the molecule is CCNCCNC(=O)c1ccccc1SCc1csc(C)n1. The van der Waals surface area contributed by atoms with Gasteiger partial charge in [-0.25, -0.2) is 4.98 Å². The minimum absolute atomic E-state index is 0.0181. The van der Waals surface area contributed by atoms with Crippen LogP contribution in [0.1, 0.15) is 28.0 Å².